The van der Waals surface area contributed by atoms with Gasteiger partial charge >= 0.3 is 12.3 Å². The number of carbonyl (C=O) groups excluding carboxylic acids is 1. The van der Waals surface area contributed by atoms with Gasteiger partial charge < -0.3 is 14.5 Å². The van der Waals surface area contributed by atoms with E-state index in [1.165, 1.54) is 16.9 Å². The van der Waals surface area contributed by atoms with Crippen LogP contribution in [0, 0.1) is 5.41 Å². The smallest absolute Gasteiger partial charge is 0.417 e. The number of fused-ring (bicyclic) bond motifs is 1. The summed E-state index contributed by atoms with van der Waals surface area (Å²) in [7, 11) is 0. The number of aromatic nitrogens is 2. The molecule has 2 atom stereocenters. The Labute approximate surface area is 223 Å². The van der Waals surface area contributed by atoms with Gasteiger partial charge in [-0.2, -0.15) is 13.2 Å². The van der Waals surface area contributed by atoms with Gasteiger partial charge in [0.25, 0.3) is 0 Å². The number of piperazine rings is 1. The molecule has 38 heavy (non-hydrogen) atoms. The Balaban J connectivity index is 1.01. The molecule has 202 valence electrons. The van der Waals surface area contributed by atoms with Gasteiger partial charge in [-0.05, 0) is 38.3 Å². The fraction of sp³-hybridized carbons (Fsp3) is 0.519. The van der Waals surface area contributed by atoms with E-state index in [-0.39, 0.29) is 35.2 Å². The highest BCUT2D eigenvalue weighted by atomic mass is 32.1. The normalized spacial score (nSPS) is 23.9. The second-order valence-corrected chi connectivity index (χ2v) is 12.0. The minimum Gasteiger partial charge on any atom is -0.446 e. The van der Waals surface area contributed by atoms with Gasteiger partial charge in [0.2, 0.25) is 0 Å². The zero-order valence-corrected chi connectivity index (χ0v) is 22.1. The van der Waals surface area contributed by atoms with E-state index in [1.54, 1.807) is 4.90 Å². The highest BCUT2D eigenvalue weighted by molar-refractivity contribution is 7.21. The number of anilines is 1. The summed E-state index contributed by atoms with van der Waals surface area (Å²) in [6, 6.07) is 11.3. The molecule has 3 aromatic rings. The minimum absolute atomic E-state index is 0.0416. The molecule has 0 bridgehead atoms. The predicted octanol–water partition coefficient (Wildman–Crippen LogP) is 5.41. The second-order valence-electron chi connectivity index (χ2n) is 11.1. The molecule has 1 aliphatic carbocycles. The number of thiazole rings is 1. The Hall–Kier alpha value is -2.92. The number of amides is 1. The zero-order valence-electron chi connectivity index (χ0n) is 21.3. The van der Waals surface area contributed by atoms with Gasteiger partial charge in [-0.3, -0.25) is 4.90 Å². The molecule has 1 amide bonds. The lowest BCUT2D eigenvalue weighted by Crippen LogP contribution is -2.64. The first-order valence-corrected chi connectivity index (χ1v) is 13.7. The Morgan fingerprint density at radius 1 is 1.13 bits per heavy atom. The molecular formula is C27H30F3N5O2S. The summed E-state index contributed by atoms with van der Waals surface area (Å²) in [5, 5.41) is 0.616. The molecule has 1 spiro atoms. The van der Waals surface area contributed by atoms with Crippen molar-refractivity contribution in [2.45, 2.75) is 57.6 Å². The van der Waals surface area contributed by atoms with Crippen molar-refractivity contribution in [2.75, 3.05) is 31.1 Å². The number of nitrogens with zero attached hydrogens (tertiary/aromatic N) is 5. The van der Waals surface area contributed by atoms with E-state index in [0.717, 1.165) is 44.7 Å². The lowest BCUT2D eigenvalue weighted by Gasteiger charge is -2.58. The van der Waals surface area contributed by atoms with E-state index in [1.807, 2.05) is 24.8 Å². The van der Waals surface area contributed by atoms with Crippen LogP contribution < -0.4 is 4.90 Å². The summed E-state index contributed by atoms with van der Waals surface area (Å²) < 4.78 is 45.1. The number of halogens is 3. The minimum atomic E-state index is -4.46. The van der Waals surface area contributed by atoms with Crippen molar-refractivity contribution < 1.29 is 22.7 Å². The third-order valence-electron chi connectivity index (χ3n) is 7.99. The molecule has 0 unspecified atom stereocenters. The van der Waals surface area contributed by atoms with E-state index in [2.05, 4.69) is 39.1 Å². The molecule has 1 saturated carbocycles. The van der Waals surface area contributed by atoms with E-state index in [4.69, 9.17) is 4.74 Å². The largest absolute Gasteiger partial charge is 0.446 e. The fourth-order valence-corrected chi connectivity index (χ4v) is 7.05. The third-order valence-corrected chi connectivity index (χ3v) is 9.00. The molecule has 0 N–H and O–H groups in total. The molecule has 3 aliphatic rings. The quantitative estimate of drug-likeness (QED) is 0.437. The Morgan fingerprint density at radius 2 is 1.87 bits per heavy atom. The van der Waals surface area contributed by atoms with Gasteiger partial charge in [-0.15, -0.1) is 0 Å². The summed E-state index contributed by atoms with van der Waals surface area (Å²) in [5.41, 5.74) is 1.03. The maximum absolute atomic E-state index is 13.1. The van der Waals surface area contributed by atoms with Crippen molar-refractivity contribution in [1.82, 2.24) is 19.8 Å². The second kappa shape index (κ2) is 9.37. The number of pyridine rings is 1. The maximum atomic E-state index is 13.1. The van der Waals surface area contributed by atoms with E-state index < -0.39 is 11.7 Å². The Kier molecular flexibility index (Phi) is 6.26. The fourth-order valence-electron chi connectivity index (χ4n) is 6.05. The van der Waals surface area contributed by atoms with Crippen LogP contribution in [0.3, 0.4) is 0 Å². The Bertz CT molecular complexity index is 1320. The monoisotopic (exact) mass is 545 g/mol. The predicted molar refractivity (Wildman–Crippen MR) is 139 cm³/mol. The van der Waals surface area contributed by atoms with Gasteiger partial charge in [0.1, 0.15) is 16.5 Å². The molecule has 2 aliphatic heterocycles. The Morgan fingerprint density at radius 3 is 2.58 bits per heavy atom. The number of hydrogen-bond donors (Lipinski definition) is 0. The highest BCUT2D eigenvalue weighted by Crippen LogP contribution is 2.50. The average Bonchev–Trinajstić information content (AvgIpc) is 3.25. The summed E-state index contributed by atoms with van der Waals surface area (Å²) >= 11 is 1.27. The molecule has 11 heteroatoms. The first kappa shape index (κ1) is 25.4. The van der Waals surface area contributed by atoms with E-state index in [9.17, 15) is 18.0 Å². The highest BCUT2D eigenvalue weighted by Gasteiger charge is 2.54. The van der Waals surface area contributed by atoms with Gasteiger partial charge in [-0.25, -0.2) is 14.8 Å². The molecule has 2 aromatic heterocycles. The number of rotatable bonds is 4. The average molecular weight is 546 g/mol. The van der Waals surface area contributed by atoms with Crippen LogP contribution in [0.1, 0.15) is 37.8 Å². The van der Waals surface area contributed by atoms with Crippen LogP contribution in [0.5, 0.6) is 0 Å². The summed E-state index contributed by atoms with van der Waals surface area (Å²) in [6.07, 6.45) is -2.12. The molecule has 1 aromatic carbocycles. The molecule has 4 heterocycles. The number of ether oxygens (including phenoxy) is 1. The van der Waals surface area contributed by atoms with Crippen molar-refractivity contribution in [3.05, 3.63) is 53.7 Å². The van der Waals surface area contributed by atoms with Gasteiger partial charge in [0.05, 0.1) is 5.56 Å². The summed E-state index contributed by atoms with van der Waals surface area (Å²) in [5.74, 6) is 0. The molecule has 7 nitrogen and oxygen atoms in total. The molecule has 2 saturated heterocycles. The lowest BCUT2D eigenvalue weighted by atomic mass is 9.61. The van der Waals surface area contributed by atoms with Crippen molar-refractivity contribution in [3.63, 3.8) is 0 Å². The van der Waals surface area contributed by atoms with Crippen LogP contribution in [0.25, 0.3) is 10.3 Å². The molecule has 0 radical (unpaired) electrons. The van der Waals surface area contributed by atoms with Crippen LogP contribution in [0.15, 0.2) is 42.6 Å². The van der Waals surface area contributed by atoms with Crippen molar-refractivity contribution in [3.8, 4) is 0 Å². The van der Waals surface area contributed by atoms with Gasteiger partial charge in [-0.1, -0.05) is 41.7 Å². The lowest BCUT2D eigenvalue weighted by molar-refractivity contribution is -0.138. The van der Waals surface area contributed by atoms with Crippen molar-refractivity contribution in [2.24, 2.45) is 5.41 Å². The number of benzene rings is 1. The standard InChI is InChI=1S/C27H30F3N5O2S/c1-17-13-35(18(2)12-34(17)24-32-22-8-20(27(28,29)30)11-31-23(22)38-24)25(36)37-21-9-26(10-21)15-33(16-26)14-19-6-4-3-5-7-19/h3-8,11,17-18,21H,9-10,12-16H2,1-2H3/t17-,18+/m0/s1. The SMILES string of the molecule is C[C@@H]1CN(c2nc3cc(C(F)(F)F)cnc3s2)[C@@H](C)CN1C(=O)OC1CC2(C1)CN(Cc1ccccc1)C2. The number of alkyl halides is 3. The van der Waals surface area contributed by atoms with Gasteiger partial charge in [0.15, 0.2) is 5.13 Å². The zero-order chi connectivity index (χ0) is 26.7. The van der Waals surface area contributed by atoms with Crippen LogP contribution in [-0.4, -0.2) is 70.2 Å². The topological polar surface area (TPSA) is 61.8 Å². The maximum Gasteiger partial charge on any atom is 0.417 e. The summed E-state index contributed by atoms with van der Waals surface area (Å²) in [6.45, 7) is 7.98. The first-order chi connectivity index (χ1) is 18.1. The van der Waals surface area contributed by atoms with Gasteiger partial charge in [0, 0.05) is 56.4 Å². The summed E-state index contributed by atoms with van der Waals surface area (Å²) in [4.78, 5) is 28.2. The van der Waals surface area contributed by atoms with Crippen molar-refractivity contribution >= 4 is 32.9 Å². The van der Waals surface area contributed by atoms with Crippen LogP contribution in [0.4, 0.5) is 23.1 Å². The third kappa shape index (κ3) is 4.82. The number of carbonyl (C=O) groups is 1. The van der Waals surface area contributed by atoms with Crippen molar-refractivity contribution in [1.29, 1.82) is 0 Å². The number of likely N-dealkylation sites (tertiary alicyclic amines) is 1. The van der Waals surface area contributed by atoms with E-state index in [0.29, 0.717) is 23.1 Å². The molecular weight excluding hydrogens is 515 g/mol. The van der Waals surface area contributed by atoms with E-state index >= 15 is 0 Å². The molecule has 6 rings (SSSR count). The van der Waals surface area contributed by atoms with Crippen LogP contribution in [0.2, 0.25) is 0 Å². The first-order valence-electron chi connectivity index (χ1n) is 12.9. The number of hydrogen-bond acceptors (Lipinski definition) is 7. The molecule has 3 fully saturated rings. The van der Waals surface area contributed by atoms with Crippen LogP contribution >= 0.6 is 11.3 Å². The van der Waals surface area contributed by atoms with Crippen LogP contribution in [-0.2, 0) is 17.5 Å².